The molecule has 0 saturated carbocycles. The molecule has 3 heterocycles. The van der Waals surface area contributed by atoms with Crippen LogP contribution in [0, 0.1) is 5.82 Å². The molecule has 1 aliphatic heterocycles. The third-order valence-electron chi connectivity index (χ3n) is 6.95. The van der Waals surface area contributed by atoms with Gasteiger partial charge in [0.1, 0.15) is 17.6 Å². The van der Waals surface area contributed by atoms with Crippen molar-refractivity contribution in [1.29, 1.82) is 0 Å². The zero-order chi connectivity index (χ0) is 28.0. The normalized spacial score (nSPS) is 15.9. The van der Waals surface area contributed by atoms with Gasteiger partial charge in [0, 0.05) is 29.4 Å². The molecule has 1 amide bonds. The van der Waals surface area contributed by atoms with Gasteiger partial charge in [-0.15, -0.1) is 0 Å². The number of anilines is 1. The molecule has 0 fully saturated rings. The number of carbonyl (C=O) groups is 1. The number of benzene rings is 3. The Labute approximate surface area is 228 Å². The van der Waals surface area contributed by atoms with Crippen molar-refractivity contribution >= 4 is 22.5 Å². The number of ether oxygens (including phenoxy) is 3. The number of rotatable bonds is 6. The van der Waals surface area contributed by atoms with Crippen molar-refractivity contribution in [2.75, 3.05) is 12.4 Å². The summed E-state index contributed by atoms with van der Waals surface area (Å²) in [5.41, 5.74) is 0.711. The summed E-state index contributed by atoms with van der Waals surface area (Å²) < 4.78 is 35.3. The number of methoxy groups -OCH3 is 1. The summed E-state index contributed by atoms with van der Waals surface area (Å²) in [5.74, 6) is -0.210. The zero-order valence-electron chi connectivity index (χ0n) is 21.9. The number of pyridine rings is 1. The minimum absolute atomic E-state index is 0.0384. The molecule has 3 aromatic carbocycles. The van der Waals surface area contributed by atoms with E-state index in [1.807, 2.05) is 32.0 Å². The van der Waals surface area contributed by atoms with E-state index in [0.717, 1.165) is 6.07 Å². The summed E-state index contributed by atoms with van der Waals surface area (Å²) in [6, 6.07) is 19.8. The second-order valence-corrected chi connectivity index (χ2v) is 9.43. The molecule has 1 N–H and O–H groups in total. The Bertz CT molecular complexity index is 1810. The molecule has 6 rings (SSSR count). The lowest BCUT2D eigenvalue weighted by atomic mass is 10.2. The molecular formula is C30H25FN4O5. The predicted octanol–water partition coefficient (Wildman–Crippen LogP) is 5.72. The lowest BCUT2D eigenvalue weighted by Crippen LogP contribution is -2.29. The van der Waals surface area contributed by atoms with E-state index in [0.29, 0.717) is 28.1 Å². The highest BCUT2D eigenvalue weighted by atomic mass is 19.1. The minimum Gasteiger partial charge on any atom is -0.497 e. The lowest BCUT2D eigenvalue weighted by Gasteiger charge is -2.14. The van der Waals surface area contributed by atoms with E-state index in [4.69, 9.17) is 14.2 Å². The second-order valence-electron chi connectivity index (χ2n) is 9.43. The van der Waals surface area contributed by atoms with Crippen molar-refractivity contribution in [2.24, 2.45) is 0 Å². The molecule has 2 atom stereocenters. The highest BCUT2D eigenvalue weighted by Crippen LogP contribution is 2.35. The second kappa shape index (κ2) is 9.88. The first-order chi connectivity index (χ1) is 19.4. The summed E-state index contributed by atoms with van der Waals surface area (Å²) in [5, 5.41) is 3.31. The van der Waals surface area contributed by atoms with Crippen LogP contribution in [0.2, 0.25) is 0 Å². The third-order valence-corrected chi connectivity index (χ3v) is 6.95. The van der Waals surface area contributed by atoms with Gasteiger partial charge in [0.05, 0.1) is 24.4 Å². The summed E-state index contributed by atoms with van der Waals surface area (Å²) in [6.45, 7) is 3.79. The van der Waals surface area contributed by atoms with Gasteiger partial charge in [-0.3, -0.25) is 14.6 Å². The van der Waals surface area contributed by atoms with E-state index in [1.165, 1.54) is 16.8 Å². The van der Waals surface area contributed by atoms with E-state index >= 15 is 4.39 Å². The van der Waals surface area contributed by atoms with Crippen molar-refractivity contribution in [2.45, 2.75) is 26.0 Å². The maximum absolute atomic E-state index is 15.1. The molecule has 40 heavy (non-hydrogen) atoms. The van der Waals surface area contributed by atoms with E-state index in [2.05, 4.69) is 10.3 Å². The van der Waals surface area contributed by atoms with Gasteiger partial charge in [-0.2, -0.15) is 0 Å². The van der Waals surface area contributed by atoms with Gasteiger partial charge in [0.15, 0.2) is 17.1 Å². The predicted molar refractivity (Wildman–Crippen MR) is 148 cm³/mol. The van der Waals surface area contributed by atoms with Crippen LogP contribution in [0.4, 0.5) is 10.1 Å². The average molecular weight is 541 g/mol. The van der Waals surface area contributed by atoms with Crippen LogP contribution < -0.4 is 25.1 Å². The fourth-order valence-electron chi connectivity index (χ4n) is 4.75. The molecule has 202 valence electrons. The first kappa shape index (κ1) is 25.2. The number of nitrogens with one attached hydrogen (secondary N) is 1. The maximum Gasteiger partial charge on any atom is 0.288 e. The van der Waals surface area contributed by atoms with Crippen LogP contribution in [-0.4, -0.2) is 33.5 Å². The number of aromatic nitrogens is 3. The largest absolute Gasteiger partial charge is 0.497 e. The first-order valence-corrected chi connectivity index (χ1v) is 12.7. The van der Waals surface area contributed by atoms with Crippen molar-refractivity contribution in [3.8, 4) is 28.8 Å². The van der Waals surface area contributed by atoms with Crippen LogP contribution in [0.15, 0.2) is 83.8 Å². The molecule has 2 aromatic heterocycles. The van der Waals surface area contributed by atoms with Gasteiger partial charge in [-0.05, 0) is 56.3 Å². The smallest absolute Gasteiger partial charge is 0.288 e. The molecule has 1 aliphatic rings. The van der Waals surface area contributed by atoms with Gasteiger partial charge < -0.3 is 19.5 Å². The highest BCUT2D eigenvalue weighted by molar-refractivity contribution is 6.06. The number of nitrogens with zero attached hydrogens (tertiary/aromatic N) is 3. The Morgan fingerprint density at radius 2 is 1.82 bits per heavy atom. The van der Waals surface area contributed by atoms with E-state index in [1.54, 1.807) is 54.4 Å². The molecule has 0 saturated heterocycles. The Morgan fingerprint density at radius 3 is 2.58 bits per heavy atom. The molecule has 10 heteroatoms. The van der Waals surface area contributed by atoms with Crippen molar-refractivity contribution < 1.29 is 23.4 Å². The SMILES string of the molecule is COc1ccc2c(Oc3ccc(NC(=O)c4c5n(n(-c6ccccc6)c4=O)[C@H](C)[C@@H](C)O5)cc3F)ccnc2c1. The Balaban J connectivity index is 1.29. The fourth-order valence-corrected chi connectivity index (χ4v) is 4.75. The summed E-state index contributed by atoms with van der Waals surface area (Å²) in [4.78, 5) is 31.1. The third kappa shape index (κ3) is 4.23. The molecule has 0 spiro atoms. The van der Waals surface area contributed by atoms with Crippen LogP contribution in [0.25, 0.3) is 16.6 Å². The van der Waals surface area contributed by atoms with Gasteiger partial charge in [-0.1, -0.05) is 18.2 Å². The molecule has 0 radical (unpaired) electrons. The molecule has 9 nitrogen and oxygen atoms in total. The Kier molecular flexibility index (Phi) is 6.22. The quantitative estimate of drug-likeness (QED) is 0.296. The number of hydrogen-bond acceptors (Lipinski definition) is 6. The number of carbonyl (C=O) groups excluding carboxylic acids is 1. The summed E-state index contributed by atoms with van der Waals surface area (Å²) in [7, 11) is 1.56. The van der Waals surface area contributed by atoms with Crippen LogP contribution in [-0.2, 0) is 0 Å². The van der Waals surface area contributed by atoms with E-state index in [9.17, 15) is 9.59 Å². The average Bonchev–Trinajstić information content (AvgIpc) is 3.40. The van der Waals surface area contributed by atoms with Crippen molar-refractivity contribution in [3.63, 3.8) is 0 Å². The standard InChI is InChI=1S/C30H25FN4O5/c1-17-18(2)39-30-27(29(37)35(34(17)30)20-7-5-4-6-8-20)28(36)33-19-9-12-26(23(31)15-19)40-25-13-14-32-24-16-21(38-3)10-11-22(24)25/h4-18H,1-3H3,(H,33,36)/t17-,18-/m1/s1. The van der Waals surface area contributed by atoms with Crippen LogP contribution in [0.5, 0.6) is 23.1 Å². The number of amides is 1. The van der Waals surface area contributed by atoms with Gasteiger partial charge in [0.2, 0.25) is 5.88 Å². The highest BCUT2D eigenvalue weighted by Gasteiger charge is 2.38. The van der Waals surface area contributed by atoms with E-state index < -0.39 is 17.3 Å². The van der Waals surface area contributed by atoms with Crippen molar-refractivity contribution in [3.05, 3.63) is 101 Å². The topological polar surface area (TPSA) is 96.6 Å². The minimum atomic E-state index is -0.702. The van der Waals surface area contributed by atoms with Gasteiger partial charge in [-0.25, -0.2) is 13.8 Å². The van der Waals surface area contributed by atoms with Gasteiger partial charge in [0.25, 0.3) is 11.5 Å². The van der Waals surface area contributed by atoms with Crippen LogP contribution in [0.3, 0.4) is 0 Å². The first-order valence-electron chi connectivity index (χ1n) is 12.7. The monoisotopic (exact) mass is 540 g/mol. The molecule has 0 aliphatic carbocycles. The molecule has 0 bridgehead atoms. The summed E-state index contributed by atoms with van der Waals surface area (Å²) in [6.07, 6.45) is 1.31. The number of fused-ring (bicyclic) bond motifs is 2. The number of halogens is 1. The Morgan fingerprint density at radius 1 is 1.02 bits per heavy atom. The zero-order valence-corrected chi connectivity index (χ0v) is 21.9. The molecule has 0 unspecified atom stereocenters. The molecule has 5 aromatic rings. The Hall–Kier alpha value is -5.12. The number of hydrogen-bond donors (Lipinski definition) is 1. The van der Waals surface area contributed by atoms with E-state index in [-0.39, 0.29) is 35.0 Å². The number of para-hydroxylation sites is 1. The van der Waals surface area contributed by atoms with Crippen LogP contribution in [0.1, 0.15) is 30.2 Å². The lowest BCUT2D eigenvalue weighted by molar-refractivity contribution is 0.102. The maximum atomic E-state index is 15.1. The van der Waals surface area contributed by atoms with Crippen molar-refractivity contribution in [1.82, 2.24) is 14.3 Å². The van der Waals surface area contributed by atoms with Gasteiger partial charge >= 0.3 is 0 Å². The molecular weight excluding hydrogens is 515 g/mol. The summed E-state index contributed by atoms with van der Waals surface area (Å²) >= 11 is 0. The fraction of sp³-hybridized carbons (Fsp3) is 0.167. The van der Waals surface area contributed by atoms with Crippen LogP contribution >= 0.6 is 0 Å².